The lowest BCUT2D eigenvalue weighted by Crippen LogP contribution is -2.52. The van der Waals surface area contributed by atoms with E-state index in [4.69, 9.17) is 4.99 Å². The van der Waals surface area contributed by atoms with Gasteiger partial charge < -0.3 is 0 Å². The molecule has 2 amide bonds. The van der Waals surface area contributed by atoms with Gasteiger partial charge in [-0.3, -0.25) is 25.1 Å². The van der Waals surface area contributed by atoms with Crippen molar-refractivity contribution in [2.75, 3.05) is 18.0 Å². The molecule has 1 spiro atoms. The Balaban J connectivity index is 1.47. The molecule has 6 nitrogen and oxygen atoms in total. The second-order valence-corrected chi connectivity index (χ2v) is 8.51. The van der Waals surface area contributed by atoms with Gasteiger partial charge in [0.1, 0.15) is 17.2 Å². The number of carbonyl (C=O) groups excluding carboxylic acids is 1. The van der Waals surface area contributed by atoms with Crippen LogP contribution in [-0.4, -0.2) is 46.4 Å². The fourth-order valence-corrected chi connectivity index (χ4v) is 5.02. The van der Waals surface area contributed by atoms with Gasteiger partial charge in [-0.15, -0.1) is 0 Å². The number of halogens is 1. The number of benzene rings is 1. The van der Waals surface area contributed by atoms with E-state index in [1.807, 2.05) is 29.2 Å². The van der Waals surface area contributed by atoms with Gasteiger partial charge in [0.15, 0.2) is 0 Å². The maximum absolute atomic E-state index is 13.3. The van der Waals surface area contributed by atoms with Crippen molar-refractivity contribution in [3.8, 4) is 0 Å². The summed E-state index contributed by atoms with van der Waals surface area (Å²) in [6.07, 6.45) is 8.82. The van der Waals surface area contributed by atoms with E-state index in [0.717, 1.165) is 42.9 Å². The van der Waals surface area contributed by atoms with Gasteiger partial charge in [-0.2, -0.15) is 0 Å². The number of aliphatic imine (C=N–C) groups is 1. The van der Waals surface area contributed by atoms with Crippen LogP contribution in [0.25, 0.3) is 0 Å². The molecule has 3 aliphatic rings. The predicted octanol–water partition coefficient (Wildman–Crippen LogP) is 3.74. The Morgan fingerprint density at radius 1 is 1.20 bits per heavy atom. The molecule has 1 aromatic carbocycles. The molecule has 0 bridgehead atoms. The van der Waals surface area contributed by atoms with Gasteiger partial charge in [-0.25, -0.2) is 9.18 Å². The van der Waals surface area contributed by atoms with Crippen molar-refractivity contribution in [1.82, 2.24) is 15.2 Å². The zero-order valence-electron chi connectivity index (χ0n) is 16.9. The first-order valence-corrected chi connectivity index (χ1v) is 10.7. The van der Waals surface area contributed by atoms with E-state index in [1.54, 1.807) is 12.4 Å². The Hall–Kier alpha value is -2.80. The van der Waals surface area contributed by atoms with E-state index >= 15 is 0 Å². The summed E-state index contributed by atoms with van der Waals surface area (Å²) >= 11 is 0. The maximum Gasteiger partial charge on any atom is 0.328 e. The topological polar surface area (TPSA) is 60.8 Å². The lowest BCUT2D eigenvalue weighted by Gasteiger charge is -2.33. The highest BCUT2D eigenvalue weighted by Gasteiger charge is 2.55. The normalized spacial score (nSPS) is 26.2. The van der Waals surface area contributed by atoms with Crippen LogP contribution in [0.15, 0.2) is 53.8 Å². The number of likely N-dealkylation sites (tertiary alicyclic amines) is 1. The second-order valence-electron chi connectivity index (χ2n) is 8.51. The predicted molar refractivity (Wildman–Crippen MR) is 114 cm³/mol. The molecule has 1 aliphatic carbocycles. The van der Waals surface area contributed by atoms with E-state index in [0.29, 0.717) is 13.1 Å². The number of amidine groups is 1. The van der Waals surface area contributed by atoms with Crippen molar-refractivity contribution in [1.29, 1.82) is 0 Å². The van der Waals surface area contributed by atoms with E-state index in [2.05, 4.69) is 15.2 Å². The number of hydrogen-bond acceptors (Lipinski definition) is 4. The molecule has 7 heteroatoms. The number of amides is 2. The number of aromatic nitrogens is 1. The number of pyridine rings is 1. The number of hydrogen-bond donors (Lipinski definition) is 1. The highest BCUT2D eigenvalue weighted by molar-refractivity contribution is 6.19. The summed E-state index contributed by atoms with van der Waals surface area (Å²) < 4.78 is 13.3. The van der Waals surface area contributed by atoms with Crippen molar-refractivity contribution in [2.24, 2.45) is 4.99 Å². The van der Waals surface area contributed by atoms with Gasteiger partial charge in [-0.1, -0.05) is 25.0 Å². The summed E-state index contributed by atoms with van der Waals surface area (Å²) in [5.41, 5.74) is 1.34. The van der Waals surface area contributed by atoms with Gasteiger partial charge in [0.25, 0.3) is 0 Å². The molecule has 0 radical (unpaired) electrons. The lowest BCUT2D eigenvalue weighted by molar-refractivity contribution is 0.250. The molecule has 2 aliphatic heterocycles. The maximum atomic E-state index is 13.3. The number of nitrogens with one attached hydrogen (secondary N) is 1. The van der Waals surface area contributed by atoms with Crippen molar-refractivity contribution in [2.45, 2.75) is 50.2 Å². The van der Waals surface area contributed by atoms with Crippen LogP contribution in [0.2, 0.25) is 0 Å². The zero-order chi connectivity index (χ0) is 20.6. The number of rotatable bonds is 4. The molecule has 1 saturated carbocycles. The van der Waals surface area contributed by atoms with Crippen LogP contribution < -0.4 is 10.2 Å². The minimum atomic E-state index is -0.511. The highest BCUT2D eigenvalue weighted by Crippen LogP contribution is 2.38. The zero-order valence-corrected chi connectivity index (χ0v) is 16.9. The van der Waals surface area contributed by atoms with E-state index in [1.165, 1.54) is 25.0 Å². The number of carbonyl (C=O) groups is 1. The number of anilines is 1. The van der Waals surface area contributed by atoms with Crippen LogP contribution in [-0.2, 0) is 6.54 Å². The highest BCUT2D eigenvalue weighted by atomic mass is 19.1. The third kappa shape index (κ3) is 3.47. The Bertz CT molecular complexity index is 942. The average molecular weight is 407 g/mol. The summed E-state index contributed by atoms with van der Waals surface area (Å²) in [4.78, 5) is 26.5. The fourth-order valence-electron chi connectivity index (χ4n) is 5.02. The van der Waals surface area contributed by atoms with Gasteiger partial charge in [0.2, 0.25) is 0 Å². The Morgan fingerprint density at radius 2 is 2.00 bits per heavy atom. The van der Waals surface area contributed by atoms with Crippen LogP contribution in [0.1, 0.15) is 37.7 Å². The molecule has 3 fully saturated rings. The van der Waals surface area contributed by atoms with Crippen LogP contribution in [0.3, 0.4) is 0 Å². The molecule has 2 saturated heterocycles. The lowest BCUT2D eigenvalue weighted by atomic mass is 9.95. The molecule has 1 aromatic heterocycles. The molecule has 156 valence electrons. The van der Waals surface area contributed by atoms with Gasteiger partial charge >= 0.3 is 6.03 Å². The standard InChI is InChI=1S/C23H26FN5O/c24-18-9-7-17(8-10-18)15-28-13-11-23(16-28)21(26-19-4-1-2-5-19)27-22(30)29(23)20-6-3-12-25-14-20/h3,6-10,12,14,19H,1-2,4-5,11,13,15-16H2,(H,26,27,30). The fraction of sp³-hybridized carbons (Fsp3) is 0.435. The van der Waals surface area contributed by atoms with Gasteiger partial charge in [0, 0.05) is 25.8 Å². The van der Waals surface area contributed by atoms with E-state index in [-0.39, 0.29) is 17.9 Å². The number of urea groups is 1. The average Bonchev–Trinajstić information content (AvgIpc) is 3.46. The SMILES string of the molecule is O=C1NC(=NC2CCCC2)C2(CCN(Cc3ccc(F)cc3)C2)N1c1cccnc1. The van der Waals surface area contributed by atoms with Crippen LogP contribution in [0, 0.1) is 5.82 Å². The molecule has 1 atom stereocenters. The molecule has 1 unspecified atom stereocenters. The van der Waals surface area contributed by atoms with Gasteiger partial charge in [-0.05, 0) is 49.1 Å². The second kappa shape index (κ2) is 7.80. The van der Waals surface area contributed by atoms with Crippen molar-refractivity contribution >= 4 is 17.6 Å². The molecule has 5 rings (SSSR count). The molecule has 3 heterocycles. The monoisotopic (exact) mass is 407 g/mol. The first-order chi connectivity index (χ1) is 14.6. The van der Waals surface area contributed by atoms with E-state index < -0.39 is 5.54 Å². The van der Waals surface area contributed by atoms with Crippen LogP contribution in [0.4, 0.5) is 14.9 Å². The quantitative estimate of drug-likeness (QED) is 0.840. The molecular weight excluding hydrogens is 381 g/mol. The first kappa shape index (κ1) is 19.2. The summed E-state index contributed by atoms with van der Waals surface area (Å²) in [5.74, 6) is 0.570. The summed E-state index contributed by atoms with van der Waals surface area (Å²) in [6.45, 7) is 2.24. The summed E-state index contributed by atoms with van der Waals surface area (Å²) in [5, 5.41) is 3.09. The van der Waals surface area contributed by atoms with Crippen molar-refractivity contribution < 1.29 is 9.18 Å². The Labute approximate surface area is 175 Å². The largest absolute Gasteiger partial charge is 0.328 e. The third-order valence-corrected chi connectivity index (χ3v) is 6.48. The smallest absolute Gasteiger partial charge is 0.296 e. The Morgan fingerprint density at radius 3 is 2.73 bits per heavy atom. The van der Waals surface area contributed by atoms with Crippen molar-refractivity contribution in [3.63, 3.8) is 0 Å². The minimum absolute atomic E-state index is 0.136. The molecule has 30 heavy (non-hydrogen) atoms. The molecular formula is C23H26FN5O. The van der Waals surface area contributed by atoms with Crippen LogP contribution in [0.5, 0.6) is 0 Å². The van der Waals surface area contributed by atoms with Crippen LogP contribution >= 0.6 is 0 Å². The first-order valence-electron chi connectivity index (χ1n) is 10.7. The minimum Gasteiger partial charge on any atom is -0.296 e. The Kier molecular flexibility index (Phi) is 4.98. The molecule has 1 N–H and O–H groups in total. The third-order valence-electron chi connectivity index (χ3n) is 6.48. The van der Waals surface area contributed by atoms with Crippen molar-refractivity contribution in [3.05, 3.63) is 60.2 Å². The summed E-state index contributed by atoms with van der Waals surface area (Å²) in [6, 6.07) is 10.6. The van der Waals surface area contributed by atoms with E-state index in [9.17, 15) is 9.18 Å². The summed E-state index contributed by atoms with van der Waals surface area (Å²) in [7, 11) is 0. The molecule has 2 aromatic rings. The van der Waals surface area contributed by atoms with Gasteiger partial charge in [0.05, 0.1) is 17.9 Å². The number of nitrogens with zero attached hydrogens (tertiary/aromatic N) is 4.